The van der Waals surface area contributed by atoms with Gasteiger partial charge in [-0.1, -0.05) is 0 Å². The molecule has 0 aliphatic rings. The van der Waals surface area contributed by atoms with Crippen LogP contribution < -0.4 is 0 Å². The minimum absolute atomic E-state index is 0.121. The van der Waals surface area contributed by atoms with Crippen LogP contribution in [0.15, 0.2) is 0 Å². The second kappa shape index (κ2) is 2.14. The standard InChI is InChI=1S/C2H2F3.Hg/c1-2(3,4)5;/h1H2;. The summed E-state index contributed by atoms with van der Waals surface area (Å²) in [6, 6.07) is 0. The average Bonchev–Trinajstić information content (AvgIpc) is 1.35. The van der Waals surface area contributed by atoms with E-state index in [-0.39, 0.29) is 26.1 Å². The van der Waals surface area contributed by atoms with Crippen LogP contribution in [-0.4, -0.2) is 6.18 Å². The van der Waals surface area contributed by atoms with E-state index in [1.54, 1.807) is 0 Å². The van der Waals surface area contributed by atoms with E-state index in [1.165, 1.54) is 0 Å². The van der Waals surface area contributed by atoms with Gasteiger partial charge in [-0.2, -0.15) is 0 Å². The first kappa shape index (κ1) is 6.73. The SMILES string of the molecule is FC(F)(F)[CH2][Hg]. The van der Waals surface area contributed by atoms with E-state index < -0.39 is 10.1 Å². The molecule has 0 N–H and O–H groups in total. The molecule has 0 atom stereocenters. The van der Waals surface area contributed by atoms with Gasteiger partial charge in [0.2, 0.25) is 0 Å². The molecule has 0 saturated heterocycles. The molecule has 0 fully saturated rings. The molecule has 6 heavy (non-hydrogen) atoms. The van der Waals surface area contributed by atoms with Crippen molar-refractivity contribution in [2.75, 3.05) is 0 Å². The van der Waals surface area contributed by atoms with Crippen molar-refractivity contribution in [1.82, 2.24) is 0 Å². The van der Waals surface area contributed by atoms with E-state index >= 15 is 0 Å². The Labute approximate surface area is 49.7 Å². The fourth-order valence-corrected chi connectivity index (χ4v) is 0. The second-order valence-corrected chi connectivity index (χ2v) is 2.81. The molecule has 0 amide bonds. The summed E-state index contributed by atoms with van der Waals surface area (Å²) in [4.78, 5) is 0. The normalized spacial score (nSPS) is 12.2. The van der Waals surface area contributed by atoms with Crippen molar-refractivity contribution < 1.29 is 39.3 Å². The van der Waals surface area contributed by atoms with Gasteiger partial charge in [0.05, 0.1) is 0 Å². The molecule has 0 aromatic carbocycles. The van der Waals surface area contributed by atoms with Crippen molar-refractivity contribution >= 4 is 0 Å². The first-order chi connectivity index (χ1) is 2.56. The predicted molar refractivity (Wildman–Crippen MR) is 10.9 cm³/mol. The number of halogens is 3. The van der Waals surface area contributed by atoms with Crippen LogP contribution in [0.4, 0.5) is 13.2 Å². The molecular formula is C2H2F3Hg. The molecule has 0 heterocycles. The van der Waals surface area contributed by atoms with E-state index in [4.69, 9.17) is 0 Å². The van der Waals surface area contributed by atoms with Gasteiger partial charge >= 0.3 is 49.4 Å². The van der Waals surface area contributed by atoms with Crippen molar-refractivity contribution in [2.45, 2.75) is 10.1 Å². The molecule has 0 saturated carbocycles. The zero-order valence-electron chi connectivity index (χ0n) is 3.05. The van der Waals surface area contributed by atoms with E-state index in [0.717, 1.165) is 0 Å². The van der Waals surface area contributed by atoms with Gasteiger partial charge in [-0.15, -0.1) is 0 Å². The van der Waals surface area contributed by atoms with Crippen LogP contribution in [0, 0.1) is 0 Å². The third kappa shape index (κ3) is 4.73. The van der Waals surface area contributed by atoms with E-state index in [0.29, 0.717) is 0 Å². The molecule has 33 valence electrons. The maximum absolute atomic E-state index is 10.8. The fraction of sp³-hybridized carbons (Fsp3) is 1.00. The van der Waals surface area contributed by atoms with Gasteiger partial charge < -0.3 is 0 Å². The molecule has 0 unspecified atom stereocenters. The van der Waals surface area contributed by atoms with Gasteiger partial charge in [0, 0.05) is 0 Å². The van der Waals surface area contributed by atoms with E-state index in [1.807, 2.05) is 0 Å². The van der Waals surface area contributed by atoms with Crippen LogP contribution >= 0.6 is 0 Å². The Hall–Kier alpha value is 0.725. The Morgan fingerprint density at radius 2 is 1.50 bits per heavy atom. The molecule has 0 bridgehead atoms. The molecule has 0 aliphatic carbocycles. The van der Waals surface area contributed by atoms with Crippen LogP contribution in [0.1, 0.15) is 0 Å². The van der Waals surface area contributed by atoms with E-state index in [9.17, 15) is 13.2 Å². The summed E-state index contributed by atoms with van der Waals surface area (Å²) in [5.41, 5.74) is 0. The first-order valence-corrected chi connectivity index (χ1v) is 5.31. The second-order valence-electron chi connectivity index (χ2n) is 0.865. The summed E-state index contributed by atoms with van der Waals surface area (Å²) in [5, 5.41) is 0. The van der Waals surface area contributed by atoms with Crippen LogP contribution in [-0.2, 0) is 26.1 Å². The topological polar surface area (TPSA) is 0 Å². The number of hydrogen-bond donors (Lipinski definition) is 0. The Balaban J connectivity index is 3.17. The van der Waals surface area contributed by atoms with Gasteiger partial charge in [-0.25, -0.2) is 0 Å². The first-order valence-electron chi connectivity index (χ1n) is 1.42. The van der Waals surface area contributed by atoms with Crippen molar-refractivity contribution in [3.63, 3.8) is 0 Å². The van der Waals surface area contributed by atoms with Crippen LogP contribution in [0.25, 0.3) is 0 Å². The average molecular weight is 284 g/mol. The summed E-state index contributed by atoms with van der Waals surface area (Å²) in [7, 11) is 0. The van der Waals surface area contributed by atoms with Gasteiger partial charge in [0.25, 0.3) is 0 Å². The summed E-state index contributed by atoms with van der Waals surface area (Å²) >= 11 is -0.121. The number of alkyl halides is 3. The van der Waals surface area contributed by atoms with Gasteiger partial charge in [-0.05, 0) is 0 Å². The summed E-state index contributed by atoms with van der Waals surface area (Å²) in [6.07, 6.45) is -3.87. The maximum atomic E-state index is 10.8. The molecule has 4 heteroatoms. The summed E-state index contributed by atoms with van der Waals surface area (Å²) < 4.78 is 32.0. The van der Waals surface area contributed by atoms with Crippen molar-refractivity contribution in [1.29, 1.82) is 0 Å². The minimum atomic E-state index is -3.87. The summed E-state index contributed by atoms with van der Waals surface area (Å²) in [5.74, 6) is 0. The predicted octanol–water partition coefficient (Wildman–Crippen LogP) is 1.51. The van der Waals surface area contributed by atoms with Gasteiger partial charge in [0.1, 0.15) is 0 Å². The molecule has 0 aliphatic heterocycles. The number of hydrogen-bond acceptors (Lipinski definition) is 0. The van der Waals surface area contributed by atoms with Crippen LogP contribution in [0.3, 0.4) is 0 Å². The van der Waals surface area contributed by atoms with Gasteiger partial charge in [-0.3, -0.25) is 0 Å². The third-order valence-electron chi connectivity index (χ3n) is 0.283. The zero-order chi connectivity index (χ0) is 5.21. The summed E-state index contributed by atoms with van der Waals surface area (Å²) in [6.45, 7) is 0. The number of rotatable bonds is 0. The van der Waals surface area contributed by atoms with Crippen molar-refractivity contribution in [3.8, 4) is 0 Å². The fourth-order valence-electron chi connectivity index (χ4n) is 0. The molecule has 0 aromatic heterocycles. The van der Waals surface area contributed by atoms with Crippen LogP contribution in [0.2, 0.25) is 3.93 Å². The Morgan fingerprint density at radius 1 is 1.33 bits per heavy atom. The molecular weight excluding hydrogens is 282 g/mol. The molecule has 0 aromatic rings. The third-order valence-corrected chi connectivity index (χ3v) is 2.49. The zero-order valence-corrected chi connectivity index (χ0v) is 8.55. The molecule has 0 spiro atoms. The van der Waals surface area contributed by atoms with Crippen LogP contribution in [0.5, 0.6) is 0 Å². The van der Waals surface area contributed by atoms with Crippen molar-refractivity contribution in [3.05, 3.63) is 0 Å². The Kier molecular flexibility index (Phi) is 2.40. The molecule has 0 radical (unpaired) electrons. The monoisotopic (exact) mass is 285 g/mol. The van der Waals surface area contributed by atoms with E-state index in [2.05, 4.69) is 0 Å². The molecule has 0 rings (SSSR count). The Morgan fingerprint density at radius 3 is 1.50 bits per heavy atom. The quantitative estimate of drug-likeness (QED) is 0.591. The Bertz CT molecular complexity index is 38.5. The van der Waals surface area contributed by atoms with Crippen molar-refractivity contribution in [2.24, 2.45) is 0 Å². The molecule has 0 nitrogen and oxygen atoms in total. The van der Waals surface area contributed by atoms with Gasteiger partial charge in [0.15, 0.2) is 0 Å².